The summed E-state index contributed by atoms with van der Waals surface area (Å²) in [5.74, 6) is 1.08. The molecule has 1 aliphatic carbocycles. The second-order valence-corrected chi connectivity index (χ2v) is 7.33. The van der Waals surface area contributed by atoms with Crippen molar-refractivity contribution in [3.05, 3.63) is 0 Å². The highest BCUT2D eigenvalue weighted by atomic mass is 35.5. The lowest BCUT2D eigenvalue weighted by atomic mass is 10.5. The summed E-state index contributed by atoms with van der Waals surface area (Å²) >= 11 is 9.53. The predicted molar refractivity (Wildman–Crippen MR) is 82.0 cm³/mol. The zero-order valence-corrected chi connectivity index (χ0v) is 14.7. The Labute approximate surface area is 127 Å². The first kappa shape index (κ1) is 19.7. The third-order valence-corrected chi connectivity index (χ3v) is 4.95. The molecule has 2 unspecified atom stereocenters. The molecule has 0 amide bonds. The summed E-state index contributed by atoms with van der Waals surface area (Å²) in [5, 5.41) is 0.194. The summed E-state index contributed by atoms with van der Waals surface area (Å²) in [7, 11) is -2.90. The van der Waals surface area contributed by atoms with Crippen LogP contribution in [0.15, 0.2) is 0 Å². The highest BCUT2D eigenvalue weighted by Gasteiger charge is 2.46. The molecule has 4 nitrogen and oxygen atoms in total. The molecular formula is C12H26Cl2NO3P. The molecule has 0 aromatic heterocycles. The predicted octanol–water partition coefficient (Wildman–Crippen LogP) is 4.71. The molecule has 0 N–H and O–H groups in total. The smallest absolute Gasteiger partial charge is 0.297 e. The maximum absolute atomic E-state index is 11.9. The van der Waals surface area contributed by atoms with Crippen LogP contribution in [0.1, 0.15) is 40.5 Å². The van der Waals surface area contributed by atoms with Crippen molar-refractivity contribution in [2.24, 2.45) is 5.92 Å². The first-order valence-electron chi connectivity index (χ1n) is 6.73. The van der Waals surface area contributed by atoms with E-state index in [1.807, 2.05) is 20.8 Å². The Morgan fingerprint density at radius 2 is 1.47 bits per heavy atom. The minimum atomic E-state index is -2.90. The molecule has 7 heteroatoms. The van der Waals surface area contributed by atoms with E-state index in [2.05, 4.69) is 6.92 Å². The van der Waals surface area contributed by atoms with E-state index in [1.54, 1.807) is 4.67 Å². The standard InChI is InChI=1S/C7H16NO3P.C4H8.CH2Cl2/c1-4-10-12(9,11-5-2)8-6-7(8)3;1-4-2-3-4;2-1-3/h7H,4-6H2,1-3H3;4H,2-3H2,1H3;1H2. The van der Waals surface area contributed by atoms with Gasteiger partial charge in [0.25, 0.3) is 0 Å². The van der Waals surface area contributed by atoms with Gasteiger partial charge in [0, 0.05) is 12.6 Å². The van der Waals surface area contributed by atoms with Gasteiger partial charge in [0.05, 0.1) is 18.6 Å². The fraction of sp³-hybridized carbons (Fsp3) is 1.00. The van der Waals surface area contributed by atoms with Crippen molar-refractivity contribution in [1.29, 1.82) is 0 Å². The van der Waals surface area contributed by atoms with Crippen LogP contribution in [0, 0.1) is 5.92 Å². The van der Waals surface area contributed by atoms with Gasteiger partial charge in [-0.2, -0.15) is 0 Å². The molecule has 2 aliphatic rings. The molecule has 1 aliphatic heterocycles. The third kappa shape index (κ3) is 9.28. The molecule has 116 valence electrons. The van der Waals surface area contributed by atoms with Crippen LogP contribution in [-0.4, -0.2) is 35.8 Å². The van der Waals surface area contributed by atoms with Gasteiger partial charge in [0.2, 0.25) is 0 Å². The molecule has 1 saturated carbocycles. The molecule has 1 heterocycles. The number of hydrogen-bond donors (Lipinski definition) is 0. The Kier molecular flexibility index (Phi) is 10.8. The zero-order valence-electron chi connectivity index (χ0n) is 12.3. The SMILES string of the molecule is CC1CC1.CCOP(=O)(OCC)N1CC1C.ClCCl. The minimum Gasteiger partial charge on any atom is -0.297 e. The Bertz CT molecular complexity index is 268. The maximum Gasteiger partial charge on any atom is 0.408 e. The quantitative estimate of drug-likeness (QED) is 0.415. The molecule has 0 bridgehead atoms. The van der Waals surface area contributed by atoms with Gasteiger partial charge >= 0.3 is 7.75 Å². The number of halogens is 2. The molecule has 2 fully saturated rings. The van der Waals surface area contributed by atoms with Crippen molar-refractivity contribution in [1.82, 2.24) is 4.67 Å². The van der Waals surface area contributed by atoms with Gasteiger partial charge in [-0.25, -0.2) is 9.24 Å². The summed E-state index contributed by atoms with van der Waals surface area (Å²) in [5.41, 5.74) is 0. The van der Waals surface area contributed by atoms with Crippen LogP contribution in [0.2, 0.25) is 0 Å². The van der Waals surface area contributed by atoms with Crippen LogP contribution < -0.4 is 0 Å². The molecule has 0 aromatic carbocycles. The van der Waals surface area contributed by atoms with Crippen LogP contribution in [0.5, 0.6) is 0 Å². The van der Waals surface area contributed by atoms with Crippen LogP contribution >= 0.6 is 30.9 Å². The summed E-state index contributed by atoms with van der Waals surface area (Å²) in [4.78, 5) is 0. The van der Waals surface area contributed by atoms with Gasteiger partial charge < -0.3 is 0 Å². The van der Waals surface area contributed by atoms with E-state index < -0.39 is 7.75 Å². The monoisotopic (exact) mass is 333 g/mol. The van der Waals surface area contributed by atoms with Crippen molar-refractivity contribution < 1.29 is 13.6 Å². The number of alkyl halides is 2. The van der Waals surface area contributed by atoms with Gasteiger partial charge in [-0.3, -0.25) is 9.05 Å². The van der Waals surface area contributed by atoms with Gasteiger partial charge in [-0.15, -0.1) is 23.2 Å². The van der Waals surface area contributed by atoms with Crippen molar-refractivity contribution >= 4 is 30.9 Å². The van der Waals surface area contributed by atoms with Crippen molar-refractivity contribution in [2.45, 2.75) is 46.6 Å². The maximum atomic E-state index is 11.9. The lowest BCUT2D eigenvalue weighted by Crippen LogP contribution is -2.05. The van der Waals surface area contributed by atoms with E-state index >= 15 is 0 Å². The molecule has 2 rings (SSSR count). The summed E-state index contributed by atoms with van der Waals surface area (Å²) in [6.07, 6.45) is 2.97. The van der Waals surface area contributed by atoms with Crippen LogP contribution in [-0.2, 0) is 13.6 Å². The van der Waals surface area contributed by atoms with E-state index in [0.717, 1.165) is 12.5 Å². The van der Waals surface area contributed by atoms with Crippen molar-refractivity contribution in [3.63, 3.8) is 0 Å². The van der Waals surface area contributed by atoms with Gasteiger partial charge in [0.15, 0.2) is 0 Å². The highest BCUT2D eigenvalue weighted by Crippen LogP contribution is 2.58. The number of nitrogens with zero attached hydrogens (tertiary/aromatic N) is 1. The van der Waals surface area contributed by atoms with Crippen LogP contribution in [0.25, 0.3) is 0 Å². The van der Waals surface area contributed by atoms with Gasteiger partial charge in [0.1, 0.15) is 0 Å². The van der Waals surface area contributed by atoms with Gasteiger partial charge in [-0.05, 0) is 26.7 Å². The lowest BCUT2D eigenvalue weighted by molar-refractivity contribution is 0.195. The number of rotatable bonds is 5. The van der Waals surface area contributed by atoms with E-state index in [4.69, 9.17) is 32.2 Å². The lowest BCUT2D eigenvalue weighted by Gasteiger charge is -2.17. The zero-order chi connectivity index (χ0) is 14.9. The molecule has 1 saturated heterocycles. The van der Waals surface area contributed by atoms with E-state index in [9.17, 15) is 4.57 Å². The average Bonchev–Trinajstić information content (AvgIpc) is 3.22. The largest absolute Gasteiger partial charge is 0.408 e. The summed E-state index contributed by atoms with van der Waals surface area (Å²) in [6.45, 7) is 9.60. The first-order chi connectivity index (χ1) is 8.95. The molecule has 2 atom stereocenters. The van der Waals surface area contributed by atoms with Crippen LogP contribution in [0.3, 0.4) is 0 Å². The Morgan fingerprint density at radius 1 is 1.16 bits per heavy atom. The minimum absolute atomic E-state index is 0.194. The number of hydrogen-bond acceptors (Lipinski definition) is 3. The van der Waals surface area contributed by atoms with E-state index in [0.29, 0.717) is 19.3 Å². The topological polar surface area (TPSA) is 38.5 Å². The van der Waals surface area contributed by atoms with Crippen molar-refractivity contribution in [2.75, 3.05) is 25.1 Å². The Hall–Kier alpha value is 0.690. The van der Waals surface area contributed by atoms with Crippen molar-refractivity contribution in [3.8, 4) is 0 Å². The summed E-state index contributed by atoms with van der Waals surface area (Å²) < 4.78 is 23.9. The molecule has 0 aromatic rings. The molecular weight excluding hydrogens is 308 g/mol. The third-order valence-electron chi connectivity index (χ3n) is 2.59. The van der Waals surface area contributed by atoms with E-state index in [1.165, 1.54) is 12.8 Å². The Morgan fingerprint density at radius 3 is 1.63 bits per heavy atom. The molecule has 19 heavy (non-hydrogen) atoms. The normalized spacial score (nSPS) is 24.7. The molecule has 0 spiro atoms. The first-order valence-corrected chi connectivity index (χ1v) is 9.29. The summed E-state index contributed by atoms with van der Waals surface area (Å²) in [6, 6.07) is 0.342. The van der Waals surface area contributed by atoms with E-state index in [-0.39, 0.29) is 5.34 Å². The Balaban J connectivity index is 0.000000379. The average molecular weight is 334 g/mol. The fourth-order valence-corrected chi connectivity index (χ4v) is 3.19. The second kappa shape index (κ2) is 10.4. The van der Waals surface area contributed by atoms with Crippen LogP contribution in [0.4, 0.5) is 0 Å². The second-order valence-electron chi connectivity index (χ2n) is 4.56. The highest BCUT2D eigenvalue weighted by molar-refractivity contribution is 7.51. The molecule has 0 radical (unpaired) electrons. The fourth-order valence-electron chi connectivity index (χ4n) is 1.24. The van der Waals surface area contributed by atoms with Gasteiger partial charge in [-0.1, -0.05) is 19.8 Å².